The number of benzene rings is 1. The van der Waals surface area contributed by atoms with E-state index in [2.05, 4.69) is 15.0 Å². The number of fused-ring (bicyclic) bond motifs is 1. The van der Waals surface area contributed by atoms with Crippen LogP contribution in [0.1, 0.15) is 28.3 Å². The molecule has 128 valence electrons. The fraction of sp³-hybridized carbons (Fsp3) is 0.316. The van der Waals surface area contributed by atoms with E-state index in [1.165, 1.54) is 11.1 Å². The van der Waals surface area contributed by atoms with Gasteiger partial charge in [-0.1, -0.05) is 5.16 Å². The summed E-state index contributed by atoms with van der Waals surface area (Å²) in [5, 5.41) is 4.04. The van der Waals surface area contributed by atoms with Gasteiger partial charge in [-0.15, -0.1) is 0 Å². The number of aryl methyl sites for hydroxylation is 2. The molecule has 0 atom stereocenters. The maximum Gasteiger partial charge on any atom is 0.159 e. The Hall–Kier alpha value is -2.73. The standard InChI is InChI=1S/C19H21N5O/c1-12-17(13(2)25-23-12)11-24-8-7-18-15(10-24)9-21-19(22-18)14-3-5-16(20)6-4-14/h3-6,9H,7-8,10-11,20H2,1-2H3. The lowest BCUT2D eigenvalue weighted by Crippen LogP contribution is -2.31. The molecule has 0 saturated heterocycles. The Morgan fingerprint density at radius 1 is 1.20 bits per heavy atom. The van der Waals surface area contributed by atoms with Gasteiger partial charge in [0.2, 0.25) is 0 Å². The van der Waals surface area contributed by atoms with Gasteiger partial charge < -0.3 is 10.3 Å². The molecule has 0 fully saturated rings. The van der Waals surface area contributed by atoms with E-state index < -0.39 is 0 Å². The Morgan fingerprint density at radius 3 is 2.72 bits per heavy atom. The second-order valence-electron chi connectivity index (χ2n) is 6.55. The van der Waals surface area contributed by atoms with E-state index >= 15 is 0 Å². The van der Waals surface area contributed by atoms with E-state index in [0.29, 0.717) is 0 Å². The smallest absolute Gasteiger partial charge is 0.159 e. The van der Waals surface area contributed by atoms with Crippen molar-refractivity contribution in [2.24, 2.45) is 0 Å². The molecule has 0 amide bonds. The summed E-state index contributed by atoms with van der Waals surface area (Å²) in [6.07, 6.45) is 2.87. The molecule has 1 aliphatic heterocycles. The zero-order chi connectivity index (χ0) is 17.4. The Balaban J connectivity index is 1.53. The molecule has 0 unspecified atom stereocenters. The average Bonchev–Trinajstić information content (AvgIpc) is 2.94. The summed E-state index contributed by atoms with van der Waals surface area (Å²) in [6, 6.07) is 7.68. The van der Waals surface area contributed by atoms with Gasteiger partial charge in [-0.3, -0.25) is 4.90 Å². The molecule has 0 radical (unpaired) electrons. The van der Waals surface area contributed by atoms with Crippen LogP contribution in [-0.4, -0.2) is 26.6 Å². The summed E-state index contributed by atoms with van der Waals surface area (Å²) in [5.74, 6) is 1.66. The number of hydrogen-bond acceptors (Lipinski definition) is 6. The molecule has 2 aromatic heterocycles. The van der Waals surface area contributed by atoms with Gasteiger partial charge in [0.1, 0.15) is 5.76 Å². The monoisotopic (exact) mass is 335 g/mol. The number of aromatic nitrogens is 3. The third-order valence-corrected chi connectivity index (χ3v) is 4.74. The first-order chi connectivity index (χ1) is 12.1. The highest BCUT2D eigenvalue weighted by molar-refractivity contribution is 5.58. The zero-order valence-electron chi connectivity index (χ0n) is 14.5. The molecule has 0 aliphatic carbocycles. The molecule has 0 bridgehead atoms. The van der Waals surface area contributed by atoms with Crippen LogP contribution in [0.15, 0.2) is 35.0 Å². The van der Waals surface area contributed by atoms with Crippen molar-refractivity contribution in [2.45, 2.75) is 33.4 Å². The summed E-state index contributed by atoms with van der Waals surface area (Å²) in [7, 11) is 0. The van der Waals surface area contributed by atoms with Crippen molar-refractivity contribution in [3.8, 4) is 11.4 Å². The predicted molar refractivity (Wildman–Crippen MR) is 95.7 cm³/mol. The summed E-state index contributed by atoms with van der Waals surface area (Å²) in [4.78, 5) is 11.7. The molecule has 6 nitrogen and oxygen atoms in total. The van der Waals surface area contributed by atoms with Gasteiger partial charge in [-0.25, -0.2) is 9.97 Å². The fourth-order valence-corrected chi connectivity index (χ4v) is 3.23. The number of nitrogen functional groups attached to an aromatic ring is 1. The van der Waals surface area contributed by atoms with E-state index in [-0.39, 0.29) is 0 Å². The minimum atomic E-state index is 0.747. The van der Waals surface area contributed by atoms with Gasteiger partial charge in [0.15, 0.2) is 5.82 Å². The van der Waals surface area contributed by atoms with E-state index in [9.17, 15) is 0 Å². The Bertz CT molecular complexity index is 881. The van der Waals surface area contributed by atoms with Gasteiger partial charge in [-0.2, -0.15) is 0 Å². The van der Waals surface area contributed by atoms with Crippen LogP contribution in [0.25, 0.3) is 11.4 Å². The molecular weight excluding hydrogens is 314 g/mol. The van der Waals surface area contributed by atoms with Crippen molar-refractivity contribution >= 4 is 5.69 Å². The van der Waals surface area contributed by atoms with Gasteiger partial charge in [-0.05, 0) is 38.1 Å². The topological polar surface area (TPSA) is 81.1 Å². The highest BCUT2D eigenvalue weighted by atomic mass is 16.5. The van der Waals surface area contributed by atoms with Crippen LogP contribution in [0.5, 0.6) is 0 Å². The SMILES string of the molecule is Cc1noc(C)c1CN1CCc2nc(-c3ccc(N)cc3)ncc2C1. The molecule has 3 heterocycles. The fourth-order valence-electron chi connectivity index (χ4n) is 3.23. The van der Waals surface area contributed by atoms with Crippen molar-refractivity contribution in [3.63, 3.8) is 0 Å². The number of nitrogens with zero attached hydrogens (tertiary/aromatic N) is 4. The second kappa shape index (κ2) is 6.29. The molecular formula is C19H21N5O. The Labute approximate surface area is 146 Å². The molecule has 4 rings (SSSR count). The summed E-state index contributed by atoms with van der Waals surface area (Å²) in [6.45, 7) is 6.62. The van der Waals surface area contributed by atoms with Crippen LogP contribution >= 0.6 is 0 Å². The first-order valence-electron chi connectivity index (χ1n) is 8.45. The van der Waals surface area contributed by atoms with E-state index in [4.69, 9.17) is 15.2 Å². The summed E-state index contributed by atoms with van der Waals surface area (Å²) >= 11 is 0. The Kier molecular flexibility index (Phi) is 3.97. The molecule has 3 aromatic rings. The van der Waals surface area contributed by atoms with Crippen LogP contribution in [0.4, 0.5) is 5.69 Å². The van der Waals surface area contributed by atoms with E-state index in [1.807, 2.05) is 44.3 Å². The van der Waals surface area contributed by atoms with Crippen LogP contribution in [0.2, 0.25) is 0 Å². The molecule has 25 heavy (non-hydrogen) atoms. The Morgan fingerprint density at radius 2 is 2.00 bits per heavy atom. The number of anilines is 1. The maximum atomic E-state index is 5.75. The minimum absolute atomic E-state index is 0.747. The first-order valence-corrected chi connectivity index (χ1v) is 8.45. The summed E-state index contributed by atoms with van der Waals surface area (Å²) in [5.41, 5.74) is 12.0. The molecule has 1 aliphatic rings. The average molecular weight is 335 g/mol. The zero-order valence-corrected chi connectivity index (χ0v) is 14.5. The number of hydrogen-bond donors (Lipinski definition) is 1. The molecule has 0 saturated carbocycles. The predicted octanol–water partition coefficient (Wildman–Crippen LogP) is 2.89. The molecule has 0 spiro atoms. The van der Waals surface area contributed by atoms with Crippen molar-refractivity contribution < 1.29 is 4.52 Å². The quantitative estimate of drug-likeness (QED) is 0.741. The highest BCUT2D eigenvalue weighted by Gasteiger charge is 2.21. The molecule has 1 aromatic carbocycles. The van der Waals surface area contributed by atoms with Gasteiger partial charge in [0.25, 0.3) is 0 Å². The van der Waals surface area contributed by atoms with Crippen molar-refractivity contribution in [1.82, 2.24) is 20.0 Å². The third-order valence-electron chi connectivity index (χ3n) is 4.74. The summed E-state index contributed by atoms with van der Waals surface area (Å²) < 4.78 is 5.27. The van der Waals surface area contributed by atoms with Crippen LogP contribution < -0.4 is 5.73 Å². The lowest BCUT2D eigenvalue weighted by Gasteiger charge is -2.27. The number of nitrogens with two attached hydrogens (primary N) is 1. The first kappa shape index (κ1) is 15.8. The molecule has 2 N–H and O–H groups in total. The van der Waals surface area contributed by atoms with E-state index in [0.717, 1.165) is 60.3 Å². The normalized spacial score (nSPS) is 14.5. The van der Waals surface area contributed by atoms with Crippen molar-refractivity contribution in [2.75, 3.05) is 12.3 Å². The van der Waals surface area contributed by atoms with Crippen molar-refractivity contribution in [1.29, 1.82) is 0 Å². The van der Waals surface area contributed by atoms with Gasteiger partial charge >= 0.3 is 0 Å². The molecule has 6 heteroatoms. The lowest BCUT2D eigenvalue weighted by molar-refractivity contribution is 0.241. The van der Waals surface area contributed by atoms with Gasteiger partial charge in [0, 0.05) is 54.6 Å². The second-order valence-corrected chi connectivity index (χ2v) is 6.55. The highest BCUT2D eigenvalue weighted by Crippen LogP contribution is 2.24. The number of rotatable bonds is 3. The maximum absolute atomic E-state index is 5.75. The third kappa shape index (κ3) is 3.13. The van der Waals surface area contributed by atoms with Gasteiger partial charge in [0.05, 0.1) is 11.4 Å². The van der Waals surface area contributed by atoms with Crippen LogP contribution in [-0.2, 0) is 19.5 Å². The van der Waals surface area contributed by atoms with Crippen molar-refractivity contribution in [3.05, 3.63) is 58.7 Å². The minimum Gasteiger partial charge on any atom is -0.399 e. The van der Waals surface area contributed by atoms with E-state index in [1.54, 1.807) is 0 Å². The lowest BCUT2D eigenvalue weighted by atomic mass is 10.1. The van der Waals surface area contributed by atoms with Crippen LogP contribution in [0, 0.1) is 13.8 Å². The largest absolute Gasteiger partial charge is 0.399 e. The van der Waals surface area contributed by atoms with Crippen LogP contribution in [0.3, 0.4) is 0 Å².